The number of fused-ring (bicyclic) bond motifs is 1. The molecule has 0 atom stereocenters. The Balaban J connectivity index is 1.55. The number of hydrogen-bond donors (Lipinski definition) is 0. The van der Waals surface area contributed by atoms with Crippen LogP contribution in [0.4, 0.5) is 13.2 Å². The summed E-state index contributed by atoms with van der Waals surface area (Å²) in [5.41, 5.74) is 2.43. The Morgan fingerprint density at radius 1 is 1.00 bits per heavy atom. The molecule has 0 aliphatic carbocycles. The molecule has 5 nitrogen and oxygen atoms in total. The van der Waals surface area contributed by atoms with Gasteiger partial charge in [0.2, 0.25) is 0 Å². The number of benzene rings is 2. The van der Waals surface area contributed by atoms with E-state index < -0.39 is 6.36 Å². The van der Waals surface area contributed by atoms with E-state index in [0.29, 0.717) is 12.2 Å². The van der Waals surface area contributed by atoms with E-state index in [9.17, 15) is 13.2 Å². The predicted octanol–water partition coefficient (Wildman–Crippen LogP) is 4.44. The van der Waals surface area contributed by atoms with Crippen LogP contribution in [0.15, 0.2) is 67.1 Å². The van der Waals surface area contributed by atoms with Crippen molar-refractivity contribution in [1.82, 2.24) is 20.0 Å². The number of aromatic nitrogens is 4. The first-order valence-electron chi connectivity index (χ1n) is 8.06. The van der Waals surface area contributed by atoms with Gasteiger partial charge in [0, 0.05) is 23.3 Å². The van der Waals surface area contributed by atoms with Crippen LogP contribution in [0.1, 0.15) is 5.56 Å². The SMILES string of the molecule is FC(F)(F)Oc1ccc(Cn2cc(-c3cccc4cnccc34)nn2)cc1. The molecule has 0 fully saturated rings. The van der Waals surface area contributed by atoms with E-state index in [-0.39, 0.29) is 5.75 Å². The molecule has 0 amide bonds. The molecule has 0 unspecified atom stereocenters. The van der Waals surface area contributed by atoms with E-state index in [4.69, 9.17) is 0 Å². The van der Waals surface area contributed by atoms with Crippen LogP contribution in [-0.4, -0.2) is 26.3 Å². The summed E-state index contributed by atoms with van der Waals surface area (Å²) in [7, 11) is 0. The summed E-state index contributed by atoms with van der Waals surface area (Å²) in [5, 5.41) is 10.4. The maximum absolute atomic E-state index is 12.2. The van der Waals surface area contributed by atoms with Gasteiger partial charge >= 0.3 is 6.36 Å². The van der Waals surface area contributed by atoms with Crippen LogP contribution in [0.3, 0.4) is 0 Å². The Labute approximate surface area is 152 Å². The number of hydrogen-bond acceptors (Lipinski definition) is 4. The Morgan fingerprint density at radius 3 is 2.59 bits per heavy atom. The van der Waals surface area contributed by atoms with Crippen LogP contribution in [0, 0.1) is 0 Å². The van der Waals surface area contributed by atoms with E-state index >= 15 is 0 Å². The van der Waals surface area contributed by atoms with Gasteiger partial charge in [-0.1, -0.05) is 35.5 Å². The maximum Gasteiger partial charge on any atom is 0.573 e. The number of ether oxygens (including phenoxy) is 1. The third kappa shape index (κ3) is 3.89. The van der Waals surface area contributed by atoms with Crippen LogP contribution in [0.25, 0.3) is 22.0 Å². The minimum absolute atomic E-state index is 0.255. The molecule has 2 aromatic heterocycles. The lowest BCUT2D eigenvalue weighted by Gasteiger charge is -2.09. The van der Waals surface area contributed by atoms with Crippen LogP contribution >= 0.6 is 0 Å². The lowest BCUT2D eigenvalue weighted by atomic mass is 10.0. The van der Waals surface area contributed by atoms with Gasteiger partial charge in [0.1, 0.15) is 11.4 Å². The predicted molar refractivity (Wildman–Crippen MR) is 93.0 cm³/mol. The molecule has 27 heavy (non-hydrogen) atoms. The van der Waals surface area contributed by atoms with Crippen molar-refractivity contribution in [2.45, 2.75) is 12.9 Å². The molecule has 0 N–H and O–H groups in total. The van der Waals surface area contributed by atoms with Crippen molar-refractivity contribution >= 4 is 10.8 Å². The Bertz CT molecular complexity index is 1070. The molecule has 4 rings (SSSR count). The minimum atomic E-state index is -4.70. The fourth-order valence-electron chi connectivity index (χ4n) is 2.83. The summed E-state index contributed by atoms with van der Waals surface area (Å²) in [5.74, 6) is -0.255. The lowest BCUT2D eigenvalue weighted by Crippen LogP contribution is -2.17. The second-order valence-electron chi connectivity index (χ2n) is 5.90. The van der Waals surface area contributed by atoms with E-state index in [1.54, 1.807) is 35.4 Å². The summed E-state index contributed by atoms with van der Waals surface area (Å²) in [6.07, 6.45) is 0.611. The largest absolute Gasteiger partial charge is 0.573 e. The van der Waals surface area contributed by atoms with E-state index in [0.717, 1.165) is 21.9 Å². The molecule has 0 aliphatic rings. The molecule has 8 heteroatoms. The van der Waals surface area contributed by atoms with Gasteiger partial charge in [0.15, 0.2) is 0 Å². The minimum Gasteiger partial charge on any atom is -0.406 e. The number of rotatable bonds is 4. The quantitative estimate of drug-likeness (QED) is 0.533. The molecule has 0 aliphatic heterocycles. The van der Waals surface area contributed by atoms with Gasteiger partial charge in [-0.05, 0) is 29.1 Å². The number of nitrogens with zero attached hydrogens (tertiary/aromatic N) is 4. The zero-order valence-corrected chi connectivity index (χ0v) is 13.9. The average Bonchev–Trinajstić information content (AvgIpc) is 3.10. The van der Waals surface area contributed by atoms with Gasteiger partial charge in [-0.3, -0.25) is 4.98 Å². The lowest BCUT2D eigenvalue weighted by molar-refractivity contribution is -0.274. The Morgan fingerprint density at radius 2 is 1.81 bits per heavy atom. The van der Waals surface area contributed by atoms with E-state index in [2.05, 4.69) is 20.0 Å². The molecule has 0 saturated carbocycles. The number of pyridine rings is 1. The second-order valence-corrected chi connectivity index (χ2v) is 5.90. The highest BCUT2D eigenvalue weighted by Crippen LogP contribution is 2.26. The van der Waals surface area contributed by atoms with E-state index in [1.807, 2.05) is 24.3 Å². The molecule has 2 heterocycles. The van der Waals surface area contributed by atoms with Crippen molar-refractivity contribution in [3.05, 3.63) is 72.7 Å². The van der Waals surface area contributed by atoms with Crippen LogP contribution < -0.4 is 4.74 Å². The first kappa shape index (κ1) is 17.0. The van der Waals surface area contributed by atoms with Crippen molar-refractivity contribution in [2.24, 2.45) is 0 Å². The molecular weight excluding hydrogens is 357 g/mol. The van der Waals surface area contributed by atoms with Crippen molar-refractivity contribution in [3.63, 3.8) is 0 Å². The summed E-state index contributed by atoms with van der Waals surface area (Å²) < 4.78 is 42.1. The highest BCUT2D eigenvalue weighted by Gasteiger charge is 2.30. The molecule has 4 aromatic rings. The second kappa shape index (κ2) is 6.71. The van der Waals surface area contributed by atoms with Crippen molar-refractivity contribution in [2.75, 3.05) is 0 Å². The fourth-order valence-corrected chi connectivity index (χ4v) is 2.83. The van der Waals surface area contributed by atoms with Crippen LogP contribution in [0.5, 0.6) is 5.75 Å². The van der Waals surface area contributed by atoms with Gasteiger partial charge in [-0.15, -0.1) is 18.3 Å². The highest BCUT2D eigenvalue weighted by molar-refractivity contribution is 5.94. The van der Waals surface area contributed by atoms with Gasteiger partial charge in [0.05, 0.1) is 12.7 Å². The van der Waals surface area contributed by atoms with Crippen LogP contribution in [-0.2, 0) is 6.54 Å². The van der Waals surface area contributed by atoms with Crippen molar-refractivity contribution in [1.29, 1.82) is 0 Å². The molecule has 136 valence electrons. The zero-order chi connectivity index (χ0) is 18.9. The Kier molecular flexibility index (Phi) is 4.23. The smallest absolute Gasteiger partial charge is 0.406 e. The number of alkyl halides is 3. The summed E-state index contributed by atoms with van der Waals surface area (Å²) in [6.45, 7) is 0.381. The van der Waals surface area contributed by atoms with Gasteiger partial charge in [-0.25, -0.2) is 4.68 Å². The van der Waals surface area contributed by atoms with E-state index in [1.165, 1.54) is 12.1 Å². The topological polar surface area (TPSA) is 52.8 Å². The fraction of sp³-hybridized carbons (Fsp3) is 0.105. The Hall–Kier alpha value is -3.42. The first-order valence-corrected chi connectivity index (χ1v) is 8.06. The molecular formula is C19H13F3N4O. The molecule has 2 aromatic carbocycles. The zero-order valence-electron chi connectivity index (χ0n) is 13.9. The average molecular weight is 370 g/mol. The van der Waals surface area contributed by atoms with Crippen molar-refractivity contribution < 1.29 is 17.9 Å². The van der Waals surface area contributed by atoms with Crippen LogP contribution in [0.2, 0.25) is 0 Å². The molecule has 0 radical (unpaired) electrons. The van der Waals surface area contributed by atoms with Gasteiger partial charge < -0.3 is 4.74 Å². The monoisotopic (exact) mass is 370 g/mol. The summed E-state index contributed by atoms with van der Waals surface area (Å²) in [6, 6.07) is 13.5. The molecule has 0 bridgehead atoms. The summed E-state index contributed by atoms with van der Waals surface area (Å²) in [4.78, 5) is 4.12. The standard InChI is InChI=1S/C19H13F3N4O/c20-19(21,22)27-15-6-4-13(5-7-15)11-26-12-18(24-25-26)17-3-1-2-14-10-23-9-8-16(14)17/h1-10,12H,11H2. The maximum atomic E-state index is 12.2. The normalized spacial score (nSPS) is 11.7. The highest BCUT2D eigenvalue weighted by atomic mass is 19.4. The third-order valence-electron chi connectivity index (χ3n) is 4.00. The molecule has 0 spiro atoms. The third-order valence-corrected chi connectivity index (χ3v) is 4.00. The summed E-state index contributed by atoms with van der Waals surface area (Å²) >= 11 is 0. The number of halogens is 3. The first-order chi connectivity index (χ1) is 13.0. The molecule has 0 saturated heterocycles. The van der Waals surface area contributed by atoms with Gasteiger partial charge in [-0.2, -0.15) is 0 Å². The van der Waals surface area contributed by atoms with Crippen molar-refractivity contribution in [3.8, 4) is 17.0 Å². The van der Waals surface area contributed by atoms with Gasteiger partial charge in [0.25, 0.3) is 0 Å².